The summed E-state index contributed by atoms with van der Waals surface area (Å²) in [6, 6.07) is 1.47. The summed E-state index contributed by atoms with van der Waals surface area (Å²) in [6.45, 7) is 1.80. The SMILES string of the molecule is CPC(=O)c1cc(Cl)ncn1. The van der Waals surface area contributed by atoms with E-state index >= 15 is 0 Å². The monoisotopic (exact) mass is 188 g/mol. The van der Waals surface area contributed by atoms with Crippen LogP contribution >= 0.6 is 20.2 Å². The summed E-state index contributed by atoms with van der Waals surface area (Å²) >= 11 is 5.55. The highest BCUT2D eigenvalue weighted by atomic mass is 35.5. The van der Waals surface area contributed by atoms with Crippen molar-refractivity contribution in [3.05, 3.63) is 23.2 Å². The van der Waals surface area contributed by atoms with E-state index in [0.717, 1.165) is 0 Å². The van der Waals surface area contributed by atoms with Crippen molar-refractivity contribution in [3.63, 3.8) is 0 Å². The second-order valence-electron chi connectivity index (χ2n) is 1.81. The van der Waals surface area contributed by atoms with E-state index in [1.54, 1.807) is 6.66 Å². The molecule has 5 heteroatoms. The Balaban J connectivity index is 2.96. The molecule has 3 nitrogen and oxygen atoms in total. The molecule has 0 aliphatic rings. The van der Waals surface area contributed by atoms with Crippen LogP contribution in [-0.2, 0) is 0 Å². The summed E-state index contributed by atoms with van der Waals surface area (Å²) in [4.78, 5) is 18.5. The lowest BCUT2D eigenvalue weighted by Crippen LogP contribution is -1.95. The van der Waals surface area contributed by atoms with Gasteiger partial charge in [0.1, 0.15) is 17.2 Å². The van der Waals surface area contributed by atoms with Crippen LogP contribution in [-0.4, -0.2) is 22.2 Å². The van der Waals surface area contributed by atoms with Gasteiger partial charge in [0, 0.05) is 6.07 Å². The lowest BCUT2D eigenvalue weighted by atomic mass is 10.4. The van der Waals surface area contributed by atoms with Crippen molar-refractivity contribution < 1.29 is 4.79 Å². The van der Waals surface area contributed by atoms with Gasteiger partial charge in [-0.25, -0.2) is 9.97 Å². The molecule has 1 aromatic rings. The van der Waals surface area contributed by atoms with Crippen LogP contribution in [0.25, 0.3) is 0 Å². The van der Waals surface area contributed by atoms with E-state index in [1.165, 1.54) is 12.4 Å². The Morgan fingerprint density at radius 3 is 2.91 bits per heavy atom. The van der Waals surface area contributed by atoms with Crippen molar-refractivity contribution in [1.29, 1.82) is 0 Å². The van der Waals surface area contributed by atoms with Crippen molar-refractivity contribution in [1.82, 2.24) is 9.97 Å². The molecule has 0 spiro atoms. The van der Waals surface area contributed by atoms with Crippen molar-refractivity contribution >= 4 is 25.7 Å². The molecule has 1 unspecified atom stereocenters. The summed E-state index contributed by atoms with van der Waals surface area (Å²) in [7, 11) is 0.218. The third-order valence-corrected chi connectivity index (χ3v) is 2.01. The fourth-order valence-electron chi connectivity index (χ4n) is 0.586. The van der Waals surface area contributed by atoms with E-state index in [1.807, 2.05) is 0 Å². The molecule has 58 valence electrons. The van der Waals surface area contributed by atoms with E-state index in [9.17, 15) is 4.79 Å². The Morgan fingerprint density at radius 1 is 1.64 bits per heavy atom. The summed E-state index contributed by atoms with van der Waals surface area (Å²) in [6.07, 6.45) is 1.29. The van der Waals surface area contributed by atoms with Gasteiger partial charge in [-0.2, -0.15) is 0 Å². The molecule has 0 fully saturated rings. The molecule has 0 aliphatic heterocycles. The minimum absolute atomic E-state index is 0.00861. The van der Waals surface area contributed by atoms with Gasteiger partial charge in [-0.05, 0) is 15.2 Å². The van der Waals surface area contributed by atoms with Crippen LogP contribution in [0, 0.1) is 0 Å². The first-order valence-electron chi connectivity index (χ1n) is 2.93. The van der Waals surface area contributed by atoms with Crippen molar-refractivity contribution in [2.75, 3.05) is 6.66 Å². The van der Waals surface area contributed by atoms with Gasteiger partial charge in [-0.15, -0.1) is 0 Å². The number of halogens is 1. The Kier molecular flexibility index (Phi) is 2.92. The molecule has 0 aliphatic carbocycles. The first-order chi connectivity index (χ1) is 5.24. The Labute approximate surface area is 71.0 Å². The molecule has 0 radical (unpaired) electrons. The highest BCUT2D eigenvalue weighted by molar-refractivity contribution is 7.58. The van der Waals surface area contributed by atoms with Gasteiger partial charge in [0.05, 0.1) is 0 Å². The first kappa shape index (κ1) is 8.57. The van der Waals surface area contributed by atoms with Crippen LogP contribution in [0.3, 0.4) is 0 Å². The molecule has 1 aromatic heterocycles. The maximum absolute atomic E-state index is 11.0. The van der Waals surface area contributed by atoms with Crippen molar-refractivity contribution in [2.24, 2.45) is 0 Å². The lowest BCUT2D eigenvalue weighted by Gasteiger charge is -1.94. The molecule has 1 rings (SSSR count). The first-order valence-corrected chi connectivity index (χ1v) is 4.81. The molecule has 0 aromatic carbocycles. The number of carbonyl (C=O) groups excluding carboxylic acids is 1. The predicted octanol–water partition coefficient (Wildman–Crippen LogP) is 1.58. The predicted molar refractivity (Wildman–Crippen MR) is 45.6 cm³/mol. The van der Waals surface area contributed by atoms with E-state index in [2.05, 4.69) is 9.97 Å². The van der Waals surface area contributed by atoms with Crippen molar-refractivity contribution in [3.8, 4) is 0 Å². The molecule has 1 heterocycles. The average molecular weight is 189 g/mol. The van der Waals surface area contributed by atoms with E-state index in [0.29, 0.717) is 10.8 Å². The fraction of sp³-hybridized carbons (Fsp3) is 0.167. The van der Waals surface area contributed by atoms with Gasteiger partial charge in [0.2, 0.25) is 0 Å². The van der Waals surface area contributed by atoms with E-state index < -0.39 is 0 Å². The molecule has 1 atom stereocenters. The topological polar surface area (TPSA) is 42.9 Å². The zero-order chi connectivity index (χ0) is 8.27. The van der Waals surface area contributed by atoms with Crippen LogP contribution < -0.4 is 0 Å². The Bertz CT molecular complexity index is 279. The molecule has 0 saturated heterocycles. The standard InChI is InChI=1S/C6H6ClN2OP/c1-11-6(10)4-2-5(7)9-3-8-4/h2-3,11H,1H3. The zero-order valence-electron chi connectivity index (χ0n) is 5.84. The van der Waals surface area contributed by atoms with Gasteiger partial charge in [0.15, 0.2) is 5.52 Å². The van der Waals surface area contributed by atoms with E-state index in [4.69, 9.17) is 11.6 Å². The molecule has 0 amide bonds. The zero-order valence-corrected chi connectivity index (χ0v) is 7.59. The van der Waals surface area contributed by atoms with Gasteiger partial charge < -0.3 is 0 Å². The minimum atomic E-state index is 0.00861. The quantitative estimate of drug-likeness (QED) is 0.523. The summed E-state index contributed by atoms with van der Waals surface area (Å²) in [5.41, 5.74) is 0.403. The maximum atomic E-state index is 11.0. The number of hydrogen-bond donors (Lipinski definition) is 0. The van der Waals surface area contributed by atoms with Crippen LogP contribution in [0.1, 0.15) is 10.5 Å². The van der Waals surface area contributed by atoms with Crippen molar-refractivity contribution in [2.45, 2.75) is 0 Å². The minimum Gasteiger partial charge on any atom is -0.288 e. The summed E-state index contributed by atoms with van der Waals surface area (Å²) in [5, 5.41) is 0.307. The van der Waals surface area contributed by atoms with Gasteiger partial charge in [-0.3, -0.25) is 4.79 Å². The largest absolute Gasteiger partial charge is 0.288 e. The third kappa shape index (κ3) is 2.21. The third-order valence-electron chi connectivity index (χ3n) is 1.09. The molecule has 0 saturated carbocycles. The summed E-state index contributed by atoms with van der Waals surface area (Å²) in [5.74, 6) is 0. The van der Waals surface area contributed by atoms with Gasteiger partial charge in [0.25, 0.3) is 0 Å². The smallest absolute Gasteiger partial charge is 0.199 e. The number of aromatic nitrogens is 2. The lowest BCUT2D eigenvalue weighted by molar-refractivity contribution is 0.108. The van der Waals surface area contributed by atoms with Crippen LogP contribution in [0.4, 0.5) is 0 Å². The molecular weight excluding hydrogens is 183 g/mol. The number of carbonyl (C=O) groups is 1. The normalized spacial score (nSPS) is 10.7. The summed E-state index contributed by atoms with van der Waals surface area (Å²) < 4.78 is 0. The fourth-order valence-corrected chi connectivity index (χ4v) is 1.13. The Morgan fingerprint density at radius 2 is 2.36 bits per heavy atom. The Hall–Kier alpha value is -0.530. The van der Waals surface area contributed by atoms with Crippen LogP contribution in [0.15, 0.2) is 12.4 Å². The molecular formula is C6H6ClN2OP. The molecule has 11 heavy (non-hydrogen) atoms. The van der Waals surface area contributed by atoms with E-state index in [-0.39, 0.29) is 14.1 Å². The van der Waals surface area contributed by atoms with Gasteiger partial charge in [-0.1, -0.05) is 11.6 Å². The second-order valence-corrected chi connectivity index (χ2v) is 3.15. The number of nitrogens with zero attached hydrogens (tertiary/aromatic N) is 2. The van der Waals surface area contributed by atoms with Crippen LogP contribution in [0.5, 0.6) is 0 Å². The van der Waals surface area contributed by atoms with Crippen LogP contribution in [0.2, 0.25) is 5.15 Å². The molecule has 0 N–H and O–H groups in total. The van der Waals surface area contributed by atoms with Gasteiger partial charge >= 0.3 is 0 Å². The number of hydrogen-bond acceptors (Lipinski definition) is 3. The molecule has 0 bridgehead atoms. The second kappa shape index (κ2) is 3.74. The highest BCUT2D eigenvalue weighted by Crippen LogP contribution is 2.13. The number of rotatable bonds is 2. The average Bonchev–Trinajstić information content (AvgIpc) is 2.03. The maximum Gasteiger partial charge on any atom is 0.199 e. The highest BCUT2D eigenvalue weighted by Gasteiger charge is 2.04.